The first-order valence-corrected chi connectivity index (χ1v) is 11.9. The highest BCUT2D eigenvalue weighted by molar-refractivity contribution is 5.99. The minimum Gasteiger partial charge on any atom is -0.497 e. The maximum atomic E-state index is 13.7. The minimum atomic E-state index is -1.33. The molecule has 2 unspecified atom stereocenters. The molecular weight excluding hydrogens is 476 g/mol. The Labute approximate surface area is 217 Å². The molecule has 200 valence electrons. The summed E-state index contributed by atoms with van der Waals surface area (Å²) >= 11 is 0. The fourth-order valence-electron chi connectivity index (χ4n) is 3.71. The number of carbonyl (C=O) groups excluding carboxylic acids is 4. The van der Waals surface area contributed by atoms with E-state index in [-0.39, 0.29) is 6.54 Å². The zero-order valence-electron chi connectivity index (χ0n) is 22.2. The van der Waals surface area contributed by atoms with Gasteiger partial charge in [0.05, 0.1) is 13.5 Å². The lowest BCUT2D eigenvalue weighted by molar-refractivity contribution is -0.141. The molecule has 0 heterocycles. The predicted molar refractivity (Wildman–Crippen MR) is 140 cm³/mol. The number of methoxy groups -OCH3 is 1. The van der Waals surface area contributed by atoms with Gasteiger partial charge in [0.2, 0.25) is 11.8 Å². The second-order valence-corrected chi connectivity index (χ2v) is 9.53. The molecule has 0 aliphatic carbocycles. The van der Waals surface area contributed by atoms with Crippen LogP contribution >= 0.6 is 0 Å². The number of anilines is 1. The van der Waals surface area contributed by atoms with Gasteiger partial charge in [-0.25, -0.2) is 4.79 Å². The summed E-state index contributed by atoms with van der Waals surface area (Å²) in [6, 6.07) is 11.6. The number of ether oxygens (including phenoxy) is 2. The SMILES string of the molecule is CCN(C(=O)C(CC(N)=O)NC(=O)OC(C)(C)C)C(C(=O)Nc1ccc(OC)cc1)c1cccc(C)c1. The summed E-state index contributed by atoms with van der Waals surface area (Å²) in [5.41, 5.74) is 6.52. The average molecular weight is 513 g/mol. The molecule has 0 radical (unpaired) electrons. The first-order valence-electron chi connectivity index (χ1n) is 11.9. The molecule has 2 aromatic carbocycles. The number of hydrogen-bond acceptors (Lipinski definition) is 6. The van der Waals surface area contributed by atoms with Gasteiger partial charge in [-0.05, 0) is 64.4 Å². The van der Waals surface area contributed by atoms with E-state index in [0.29, 0.717) is 17.0 Å². The first-order chi connectivity index (χ1) is 17.3. The lowest BCUT2D eigenvalue weighted by atomic mass is 10.00. The number of rotatable bonds is 10. The van der Waals surface area contributed by atoms with E-state index in [2.05, 4.69) is 10.6 Å². The van der Waals surface area contributed by atoms with Crippen LogP contribution in [-0.2, 0) is 19.1 Å². The molecule has 0 aliphatic rings. The van der Waals surface area contributed by atoms with Gasteiger partial charge in [0, 0.05) is 12.2 Å². The standard InChI is InChI=1S/C27H36N4O6/c1-7-31(25(34)21(16-22(28)32)30-26(35)37-27(3,4)5)23(18-10-8-9-17(2)15-18)24(33)29-19-11-13-20(36-6)14-12-19/h8-15,21,23H,7,16H2,1-6H3,(H2,28,32)(H,29,33)(H,30,35). The van der Waals surface area contributed by atoms with Crippen molar-refractivity contribution < 1.29 is 28.7 Å². The van der Waals surface area contributed by atoms with Gasteiger partial charge >= 0.3 is 6.09 Å². The number of carbonyl (C=O) groups is 4. The van der Waals surface area contributed by atoms with E-state index in [1.54, 1.807) is 77.3 Å². The van der Waals surface area contributed by atoms with Crippen molar-refractivity contribution in [3.8, 4) is 5.75 Å². The summed E-state index contributed by atoms with van der Waals surface area (Å²) in [6.45, 7) is 8.71. The van der Waals surface area contributed by atoms with E-state index in [0.717, 1.165) is 5.56 Å². The zero-order valence-corrected chi connectivity index (χ0v) is 22.2. The third kappa shape index (κ3) is 8.82. The highest BCUT2D eigenvalue weighted by Gasteiger charge is 2.36. The molecule has 37 heavy (non-hydrogen) atoms. The number of nitrogens with zero attached hydrogens (tertiary/aromatic N) is 1. The largest absolute Gasteiger partial charge is 0.497 e. The molecule has 0 spiro atoms. The lowest BCUT2D eigenvalue weighted by Crippen LogP contribution is -2.53. The fraction of sp³-hybridized carbons (Fsp3) is 0.407. The summed E-state index contributed by atoms with van der Waals surface area (Å²) < 4.78 is 10.4. The predicted octanol–water partition coefficient (Wildman–Crippen LogP) is 3.30. The number of benzene rings is 2. The summed E-state index contributed by atoms with van der Waals surface area (Å²) in [6.07, 6.45) is -1.34. The maximum Gasteiger partial charge on any atom is 0.408 e. The molecule has 0 aliphatic heterocycles. The van der Waals surface area contributed by atoms with Crippen molar-refractivity contribution in [3.05, 3.63) is 59.7 Å². The number of primary amides is 1. The van der Waals surface area contributed by atoms with Crippen LogP contribution in [0.15, 0.2) is 48.5 Å². The van der Waals surface area contributed by atoms with Gasteiger partial charge in [-0.2, -0.15) is 0 Å². The van der Waals surface area contributed by atoms with Crippen LogP contribution in [0.5, 0.6) is 5.75 Å². The highest BCUT2D eigenvalue weighted by atomic mass is 16.6. The van der Waals surface area contributed by atoms with E-state index >= 15 is 0 Å². The van der Waals surface area contributed by atoms with Crippen LogP contribution in [0.3, 0.4) is 0 Å². The summed E-state index contributed by atoms with van der Waals surface area (Å²) in [5.74, 6) is -1.29. The Morgan fingerprint density at radius 1 is 1.05 bits per heavy atom. The molecule has 2 aromatic rings. The van der Waals surface area contributed by atoms with Gasteiger partial charge in [0.15, 0.2) is 0 Å². The normalized spacial score (nSPS) is 12.6. The van der Waals surface area contributed by atoms with Crippen molar-refractivity contribution in [2.75, 3.05) is 19.0 Å². The van der Waals surface area contributed by atoms with Crippen LogP contribution in [0, 0.1) is 6.92 Å². The van der Waals surface area contributed by atoms with Gasteiger partial charge in [-0.15, -0.1) is 0 Å². The molecule has 4 amide bonds. The number of amides is 4. The van der Waals surface area contributed by atoms with Crippen molar-refractivity contribution >= 4 is 29.5 Å². The van der Waals surface area contributed by atoms with Crippen LogP contribution in [0.2, 0.25) is 0 Å². The van der Waals surface area contributed by atoms with Gasteiger partial charge < -0.3 is 30.7 Å². The van der Waals surface area contributed by atoms with Crippen LogP contribution in [-0.4, -0.2) is 54.0 Å². The Kier molecular flexibility index (Phi) is 10.0. The Hall–Kier alpha value is -4.08. The smallest absolute Gasteiger partial charge is 0.408 e. The molecule has 0 fully saturated rings. The van der Waals surface area contributed by atoms with Crippen molar-refractivity contribution in [1.82, 2.24) is 10.2 Å². The van der Waals surface area contributed by atoms with Gasteiger partial charge in [0.1, 0.15) is 23.4 Å². The second-order valence-electron chi connectivity index (χ2n) is 9.53. The number of aryl methyl sites for hydroxylation is 1. The topological polar surface area (TPSA) is 140 Å². The Morgan fingerprint density at radius 2 is 1.70 bits per heavy atom. The van der Waals surface area contributed by atoms with Crippen LogP contribution < -0.4 is 21.1 Å². The highest BCUT2D eigenvalue weighted by Crippen LogP contribution is 2.26. The van der Waals surface area contributed by atoms with E-state index < -0.39 is 47.9 Å². The van der Waals surface area contributed by atoms with Crippen LogP contribution in [0.1, 0.15) is 51.3 Å². The molecule has 10 heteroatoms. The van der Waals surface area contributed by atoms with E-state index in [4.69, 9.17) is 15.2 Å². The molecule has 0 bridgehead atoms. The van der Waals surface area contributed by atoms with Gasteiger partial charge in [-0.1, -0.05) is 29.8 Å². The zero-order chi connectivity index (χ0) is 27.8. The number of alkyl carbamates (subject to hydrolysis) is 1. The molecule has 2 atom stereocenters. The summed E-state index contributed by atoms with van der Waals surface area (Å²) in [7, 11) is 1.54. The summed E-state index contributed by atoms with van der Waals surface area (Å²) in [5, 5.41) is 5.28. The molecule has 0 saturated carbocycles. The van der Waals surface area contributed by atoms with Crippen LogP contribution in [0.4, 0.5) is 10.5 Å². The first kappa shape index (κ1) is 29.2. The fourth-order valence-corrected chi connectivity index (χ4v) is 3.71. The number of nitrogens with one attached hydrogen (secondary N) is 2. The Balaban J connectivity index is 2.44. The lowest BCUT2D eigenvalue weighted by Gasteiger charge is -2.33. The van der Waals surface area contributed by atoms with Gasteiger partial charge in [-0.3, -0.25) is 14.4 Å². The van der Waals surface area contributed by atoms with E-state index in [9.17, 15) is 19.2 Å². The summed E-state index contributed by atoms with van der Waals surface area (Å²) in [4.78, 5) is 52.8. The number of nitrogens with two attached hydrogens (primary N) is 1. The van der Waals surface area contributed by atoms with Crippen molar-refractivity contribution in [3.63, 3.8) is 0 Å². The molecule has 10 nitrogen and oxygen atoms in total. The third-order valence-electron chi connectivity index (χ3n) is 5.29. The third-order valence-corrected chi connectivity index (χ3v) is 5.29. The minimum absolute atomic E-state index is 0.110. The van der Waals surface area contributed by atoms with E-state index in [1.807, 2.05) is 13.0 Å². The maximum absolute atomic E-state index is 13.7. The quantitative estimate of drug-likeness (QED) is 0.446. The molecular formula is C27H36N4O6. The number of hydrogen-bond donors (Lipinski definition) is 3. The number of likely N-dealkylation sites (N-methyl/N-ethyl adjacent to an activating group) is 1. The Bertz CT molecular complexity index is 1110. The monoisotopic (exact) mass is 512 g/mol. The van der Waals surface area contributed by atoms with E-state index in [1.165, 1.54) is 4.90 Å². The molecule has 0 saturated heterocycles. The van der Waals surface area contributed by atoms with Crippen LogP contribution in [0.25, 0.3) is 0 Å². The van der Waals surface area contributed by atoms with Crippen molar-refractivity contribution in [2.45, 2.75) is 58.7 Å². The van der Waals surface area contributed by atoms with Crippen molar-refractivity contribution in [2.24, 2.45) is 5.73 Å². The average Bonchev–Trinajstić information content (AvgIpc) is 2.80. The molecule has 4 N–H and O–H groups in total. The molecule has 2 rings (SSSR count). The molecule has 0 aromatic heterocycles. The Morgan fingerprint density at radius 3 is 2.22 bits per heavy atom. The van der Waals surface area contributed by atoms with Gasteiger partial charge in [0.25, 0.3) is 5.91 Å². The van der Waals surface area contributed by atoms with Crippen molar-refractivity contribution in [1.29, 1.82) is 0 Å². The second kappa shape index (κ2) is 12.8.